The topological polar surface area (TPSA) is 69.9 Å². The molecular formula is C24H20Cl2N2O4S. The summed E-state index contributed by atoms with van der Waals surface area (Å²) >= 11 is 13.4. The van der Waals surface area contributed by atoms with Crippen LogP contribution >= 0.6 is 34.5 Å². The molecule has 0 N–H and O–H groups in total. The third-order valence-corrected chi connectivity index (χ3v) is 6.91. The minimum Gasteiger partial charge on any atom is -0.497 e. The van der Waals surface area contributed by atoms with Crippen LogP contribution in [0.4, 0.5) is 0 Å². The first kappa shape index (κ1) is 23.3. The molecule has 0 unspecified atom stereocenters. The number of rotatable bonds is 5. The van der Waals surface area contributed by atoms with Gasteiger partial charge in [0.1, 0.15) is 5.75 Å². The molecule has 170 valence electrons. The summed E-state index contributed by atoms with van der Waals surface area (Å²) in [5.74, 6) is 0.169. The number of allylic oxidation sites excluding steroid dienone is 1. The number of fused-ring (bicyclic) bond motifs is 1. The number of methoxy groups -OCH3 is 1. The Hall–Kier alpha value is -2.87. The molecule has 9 heteroatoms. The second-order valence-corrected chi connectivity index (χ2v) is 9.07. The van der Waals surface area contributed by atoms with Crippen LogP contribution in [0.15, 0.2) is 63.5 Å². The van der Waals surface area contributed by atoms with Crippen LogP contribution in [-0.2, 0) is 9.53 Å². The normalized spacial score (nSPS) is 15.8. The number of ether oxygens (including phenoxy) is 2. The number of carbonyl (C=O) groups excluding carboxylic acids is 1. The van der Waals surface area contributed by atoms with E-state index in [-0.39, 0.29) is 12.2 Å². The second kappa shape index (κ2) is 9.55. The van der Waals surface area contributed by atoms with Crippen molar-refractivity contribution in [2.45, 2.75) is 19.9 Å². The lowest BCUT2D eigenvalue weighted by atomic mass is 9.96. The first-order chi connectivity index (χ1) is 15.8. The number of nitrogens with zero attached hydrogens (tertiary/aromatic N) is 2. The van der Waals surface area contributed by atoms with Crippen molar-refractivity contribution >= 4 is 46.6 Å². The molecule has 1 aliphatic rings. The maximum atomic E-state index is 13.5. The molecule has 4 rings (SSSR count). The van der Waals surface area contributed by atoms with Crippen LogP contribution in [0.1, 0.15) is 31.0 Å². The van der Waals surface area contributed by atoms with Crippen molar-refractivity contribution in [1.29, 1.82) is 0 Å². The summed E-state index contributed by atoms with van der Waals surface area (Å²) in [4.78, 5) is 31.5. The molecule has 0 fully saturated rings. The van der Waals surface area contributed by atoms with E-state index in [1.54, 1.807) is 57.4 Å². The predicted octanol–water partition coefficient (Wildman–Crippen LogP) is 4.11. The maximum Gasteiger partial charge on any atom is 0.338 e. The molecule has 0 radical (unpaired) electrons. The van der Waals surface area contributed by atoms with E-state index >= 15 is 0 Å². The number of benzene rings is 2. The summed E-state index contributed by atoms with van der Waals surface area (Å²) < 4.78 is 12.6. The molecule has 1 aliphatic heterocycles. The fraction of sp³-hybridized carbons (Fsp3) is 0.208. The number of thiazole rings is 1. The molecule has 1 atom stereocenters. The smallest absolute Gasteiger partial charge is 0.338 e. The van der Waals surface area contributed by atoms with Crippen LogP contribution < -0.4 is 19.6 Å². The molecule has 0 saturated carbocycles. The van der Waals surface area contributed by atoms with Gasteiger partial charge in [-0.1, -0.05) is 52.7 Å². The summed E-state index contributed by atoms with van der Waals surface area (Å²) in [5.41, 5.74) is 2.05. The highest BCUT2D eigenvalue weighted by Gasteiger charge is 2.33. The van der Waals surface area contributed by atoms with Crippen molar-refractivity contribution in [2.24, 2.45) is 4.99 Å². The van der Waals surface area contributed by atoms with Crippen LogP contribution in [0, 0.1) is 0 Å². The molecule has 3 aromatic rings. The van der Waals surface area contributed by atoms with E-state index in [4.69, 9.17) is 32.7 Å². The van der Waals surface area contributed by atoms with Gasteiger partial charge in [-0.3, -0.25) is 9.36 Å². The zero-order valence-electron chi connectivity index (χ0n) is 18.1. The molecule has 0 spiro atoms. The van der Waals surface area contributed by atoms with E-state index in [9.17, 15) is 9.59 Å². The van der Waals surface area contributed by atoms with Crippen LogP contribution in [0.3, 0.4) is 0 Å². The molecule has 6 nitrogen and oxygen atoms in total. The number of halogens is 2. The Balaban J connectivity index is 1.94. The number of hydrogen-bond donors (Lipinski definition) is 0. The Bertz CT molecular complexity index is 1440. The fourth-order valence-electron chi connectivity index (χ4n) is 3.65. The Labute approximate surface area is 204 Å². The third kappa shape index (κ3) is 4.49. The van der Waals surface area contributed by atoms with E-state index in [1.165, 1.54) is 15.9 Å². The lowest BCUT2D eigenvalue weighted by molar-refractivity contribution is -0.139. The highest BCUT2D eigenvalue weighted by atomic mass is 35.5. The first-order valence-corrected chi connectivity index (χ1v) is 11.7. The Kier molecular flexibility index (Phi) is 6.74. The van der Waals surface area contributed by atoms with Crippen LogP contribution in [0.5, 0.6) is 5.75 Å². The van der Waals surface area contributed by atoms with Gasteiger partial charge in [0, 0.05) is 0 Å². The first-order valence-electron chi connectivity index (χ1n) is 10.1. The summed E-state index contributed by atoms with van der Waals surface area (Å²) in [6.07, 6.45) is 1.74. The predicted molar refractivity (Wildman–Crippen MR) is 130 cm³/mol. The number of hydrogen-bond acceptors (Lipinski definition) is 6. The van der Waals surface area contributed by atoms with Gasteiger partial charge in [-0.05, 0) is 55.3 Å². The van der Waals surface area contributed by atoms with Crippen molar-refractivity contribution in [2.75, 3.05) is 13.7 Å². The van der Waals surface area contributed by atoms with Gasteiger partial charge in [0.2, 0.25) is 0 Å². The monoisotopic (exact) mass is 502 g/mol. The molecule has 0 saturated heterocycles. The van der Waals surface area contributed by atoms with Gasteiger partial charge in [0.25, 0.3) is 5.56 Å². The molecule has 2 aromatic carbocycles. The highest BCUT2D eigenvalue weighted by molar-refractivity contribution is 7.07. The highest BCUT2D eigenvalue weighted by Crippen LogP contribution is 2.31. The molecule has 33 heavy (non-hydrogen) atoms. The van der Waals surface area contributed by atoms with Gasteiger partial charge < -0.3 is 9.47 Å². The van der Waals surface area contributed by atoms with Crippen molar-refractivity contribution in [1.82, 2.24) is 4.57 Å². The van der Waals surface area contributed by atoms with Gasteiger partial charge in [-0.25, -0.2) is 9.79 Å². The third-order valence-electron chi connectivity index (χ3n) is 5.19. The maximum absolute atomic E-state index is 13.5. The van der Waals surface area contributed by atoms with Gasteiger partial charge >= 0.3 is 5.97 Å². The van der Waals surface area contributed by atoms with E-state index in [0.717, 1.165) is 11.1 Å². The van der Waals surface area contributed by atoms with Crippen molar-refractivity contribution in [3.05, 3.63) is 94.6 Å². The van der Waals surface area contributed by atoms with E-state index in [2.05, 4.69) is 4.99 Å². The zero-order chi connectivity index (χ0) is 23.7. The van der Waals surface area contributed by atoms with E-state index in [1.807, 2.05) is 12.1 Å². The molecular weight excluding hydrogens is 483 g/mol. The second-order valence-electron chi connectivity index (χ2n) is 7.25. The average Bonchev–Trinajstić information content (AvgIpc) is 3.10. The molecule has 2 heterocycles. The van der Waals surface area contributed by atoms with Crippen LogP contribution in [-0.4, -0.2) is 24.3 Å². The lowest BCUT2D eigenvalue weighted by Crippen LogP contribution is -2.39. The Morgan fingerprint density at radius 2 is 1.91 bits per heavy atom. The Morgan fingerprint density at radius 1 is 1.18 bits per heavy atom. The van der Waals surface area contributed by atoms with E-state index < -0.39 is 12.0 Å². The quantitative estimate of drug-likeness (QED) is 0.492. The molecule has 0 bridgehead atoms. The summed E-state index contributed by atoms with van der Waals surface area (Å²) in [6, 6.07) is 11.7. The van der Waals surface area contributed by atoms with Crippen LogP contribution in [0.25, 0.3) is 6.08 Å². The summed E-state index contributed by atoms with van der Waals surface area (Å²) in [7, 11) is 1.58. The lowest BCUT2D eigenvalue weighted by Gasteiger charge is -2.24. The van der Waals surface area contributed by atoms with Crippen molar-refractivity contribution < 1.29 is 14.3 Å². The van der Waals surface area contributed by atoms with Gasteiger partial charge in [-0.15, -0.1) is 0 Å². The minimum atomic E-state index is -0.679. The standard InChI is InChI=1S/C24H20Cl2N2O4S/c1-4-32-23(30)20-13(2)27-24-28(21(20)15-6-8-16(31-3)9-7-15)22(29)19(33-24)12-14-5-10-17(25)18(26)11-14/h5-12,21H,4H2,1-3H3/t21-/m0/s1. The number of aromatic nitrogens is 1. The average molecular weight is 503 g/mol. The zero-order valence-corrected chi connectivity index (χ0v) is 20.4. The van der Waals surface area contributed by atoms with Gasteiger partial charge in [0.05, 0.1) is 45.6 Å². The van der Waals surface area contributed by atoms with Crippen molar-refractivity contribution in [3.8, 4) is 5.75 Å². The fourth-order valence-corrected chi connectivity index (χ4v) is 5.00. The molecule has 1 aromatic heterocycles. The van der Waals surface area contributed by atoms with Gasteiger partial charge in [0.15, 0.2) is 4.80 Å². The summed E-state index contributed by atoms with van der Waals surface area (Å²) in [6.45, 7) is 3.70. The minimum absolute atomic E-state index is 0.215. The molecule has 0 amide bonds. The number of carbonyl (C=O) groups is 1. The van der Waals surface area contributed by atoms with E-state index in [0.29, 0.717) is 36.4 Å². The summed E-state index contributed by atoms with van der Waals surface area (Å²) in [5, 5.41) is 0.833. The number of esters is 1. The largest absolute Gasteiger partial charge is 0.497 e. The van der Waals surface area contributed by atoms with Crippen molar-refractivity contribution in [3.63, 3.8) is 0 Å². The SMILES string of the molecule is CCOC(=O)C1=C(C)N=c2sc(=Cc3ccc(Cl)c(Cl)c3)c(=O)n2[C@H]1c1ccc(OC)cc1. The van der Waals surface area contributed by atoms with Crippen LogP contribution in [0.2, 0.25) is 10.0 Å². The van der Waals surface area contributed by atoms with Gasteiger partial charge in [-0.2, -0.15) is 0 Å². The Morgan fingerprint density at radius 3 is 2.55 bits per heavy atom. The molecule has 0 aliphatic carbocycles.